The van der Waals surface area contributed by atoms with Crippen molar-refractivity contribution in [1.29, 1.82) is 0 Å². The average Bonchev–Trinajstić information content (AvgIpc) is 2.93. The molecule has 3 N–H and O–H groups in total. The Morgan fingerprint density at radius 3 is 2.76 bits per heavy atom. The molecule has 1 atom stereocenters. The fraction of sp³-hybridized carbons (Fsp3) is 0.312. The van der Waals surface area contributed by atoms with E-state index in [0.29, 0.717) is 11.3 Å². The summed E-state index contributed by atoms with van der Waals surface area (Å²) in [5.41, 5.74) is 7.98. The van der Waals surface area contributed by atoms with Crippen LogP contribution in [0.25, 0.3) is 0 Å². The summed E-state index contributed by atoms with van der Waals surface area (Å²) >= 11 is 0. The number of carbonyl (C=O) groups is 1. The van der Waals surface area contributed by atoms with Crippen LogP contribution in [0, 0.1) is 0 Å². The van der Waals surface area contributed by atoms with Gasteiger partial charge in [0, 0.05) is 32.1 Å². The largest absolute Gasteiger partial charge is 0.469 e. The monoisotopic (exact) mass is 287 g/mol. The Hall–Kier alpha value is -2.43. The molecule has 1 heterocycles. The van der Waals surface area contributed by atoms with E-state index in [1.54, 1.807) is 43.5 Å². The minimum absolute atomic E-state index is 0.0447. The summed E-state index contributed by atoms with van der Waals surface area (Å²) in [6, 6.07) is 9.22. The summed E-state index contributed by atoms with van der Waals surface area (Å²) in [6.07, 6.45) is 2.41. The SMILES string of the molecule is CC(Cc1ccco1)Nc1cc(C(=O)N(C)C)ccc1N. The van der Waals surface area contributed by atoms with Gasteiger partial charge in [0.2, 0.25) is 0 Å². The lowest BCUT2D eigenvalue weighted by Gasteiger charge is -2.17. The Morgan fingerprint density at radius 2 is 2.14 bits per heavy atom. The molecule has 2 aromatic rings. The second kappa shape index (κ2) is 6.35. The van der Waals surface area contributed by atoms with Gasteiger partial charge >= 0.3 is 0 Å². The standard InChI is InChI=1S/C16H21N3O2/c1-11(9-13-5-4-8-21-13)18-15-10-12(6-7-14(15)17)16(20)19(2)3/h4-8,10-11,18H,9,17H2,1-3H3. The lowest BCUT2D eigenvalue weighted by atomic mass is 10.1. The van der Waals surface area contributed by atoms with E-state index in [-0.39, 0.29) is 11.9 Å². The van der Waals surface area contributed by atoms with Gasteiger partial charge in [-0.15, -0.1) is 0 Å². The molecular formula is C16H21N3O2. The first kappa shape index (κ1) is 15.0. The Labute approximate surface area is 124 Å². The van der Waals surface area contributed by atoms with Crippen molar-refractivity contribution in [3.63, 3.8) is 0 Å². The number of benzene rings is 1. The molecule has 1 aromatic carbocycles. The topological polar surface area (TPSA) is 71.5 Å². The van der Waals surface area contributed by atoms with E-state index in [1.807, 2.05) is 19.1 Å². The van der Waals surface area contributed by atoms with Crippen molar-refractivity contribution < 1.29 is 9.21 Å². The smallest absolute Gasteiger partial charge is 0.253 e. The van der Waals surface area contributed by atoms with Crippen LogP contribution >= 0.6 is 0 Å². The van der Waals surface area contributed by atoms with Crippen molar-refractivity contribution >= 4 is 17.3 Å². The van der Waals surface area contributed by atoms with Crippen LogP contribution in [0.2, 0.25) is 0 Å². The highest BCUT2D eigenvalue weighted by molar-refractivity contribution is 5.95. The third kappa shape index (κ3) is 3.78. The first-order valence-electron chi connectivity index (χ1n) is 6.87. The lowest BCUT2D eigenvalue weighted by Crippen LogP contribution is -2.23. The zero-order valence-corrected chi connectivity index (χ0v) is 12.6. The third-order valence-electron chi connectivity index (χ3n) is 3.20. The van der Waals surface area contributed by atoms with Crippen LogP contribution in [0.15, 0.2) is 41.0 Å². The van der Waals surface area contributed by atoms with E-state index in [1.165, 1.54) is 0 Å². The Balaban J connectivity index is 2.11. The molecule has 2 rings (SSSR count). The molecule has 0 aliphatic heterocycles. The number of rotatable bonds is 5. The van der Waals surface area contributed by atoms with Crippen LogP contribution in [0.1, 0.15) is 23.0 Å². The number of carbonyl (C=O) groups excluding carboxylic acids is 1. The van der Waals surface area contributed by atoms with Crippen molar-refractivity contribution in [1.82, 2.24) is 4.90 Å². The minimum atomic E-state index is -0.0447. The van der Waals surface area contributed by atoms with Crippen molar-refractivity contribution in [2.24, 2.45) is 0 Å². The van der Waals surface area contributed by atoms with E-state index in [2.05, 4.69) is 5.32 Å². The number of nitrogen functional groups attached to an aromatic ring is 1. The summed E-state index contributed by atoms with van der Waals surface area (Å²) in [5, 5.41) is 3.33. The molecule has 1 unspecified atom stereocenters. The quantitative estimate of drug-likeness (QED) is 0.829. The van der Waals surface area contributed by atoms with Gasteiger partial charge in [-0.25, -0.2) is 0 Å². The molecule has 112 valence electrons. The van der Waals surface area contributed by atoms with Crippen LogP contribution in [-0.2, 0) is 6.42 Å². The van der Waals surface area contributed by atoms with E-state index in [4.69, 9.17) is 10.2 Å². The molecule has 0 spiro atoms. The van der Waals surface area contributed by atoms with E-state index in [9.17, 15) is 4.79 Å². The van der Waals surface area contributed by atoms with Crippen molar-refractivity contribution in [3.8, 4) is 0 Å². The summed E-state index contributed by atoms with van der Waals surface area (Å²) in [4.78, 5) is 13.5. The molecule has 0 aliphatic rings. The predicted octanol–water partition coefficient (Wildman–Crippen LogP) is 2.61. The van der Waals surface area contributed by atoms with Gasteiger partial charge in [0.25, 0.3) is 5.91 Å². The first-order valence-corrected chi connectivity index (χ1v) is 6.87. The number of anilines is 2. The predicted molar refractivity (Wildman–Crippen MR) is 84.4 cm³/mol. The Morgan fingerprint density at radius 1 is 1.38 bits per heavy atom. The number of amides is 1. The van der Waals surface area contributed by atoms with E-state index in [0.717, 1.165) is 17.9 Å². The van der Waals surface area contributed by atoms with Crippen LogP contribution in [0.5, 0.6) is 0 Å². The molecule has 5 nitrogen and oxygen atoms in total. The molecule has 0 bridgehead atoms. The molecule has 1 amide bonds. The van der Waals surface area contributed by atoms with Gasteiger partial charge in [0.05, 0.1) is 17.6 Å². The fourth-order valence-corrected chi connectivity index (χ4v) is 2.12. The van der Waals surface area contributed by atoms with Crippen LogP contribution < -0.4 is 11.1 Å². The molecule has 0 radical (unpaired) electrons. The van der Waals surface area contributed by atoms with Crippen LogP contribution in [-0.4, -0.2) is 30.9 Å². The maximum Gasteiger partial charge on any atom is 0.253 e. The normalized spacial score (nSPS) is 12.0. The molecule has 0 saturated carbocycles. The van der Waals surface area contributed by atoms with Gasteiger partial charge in [0.1, 0.15) is 5.76 Å². The third-order valence-corrected chi connectivity index (χ3v) is 3.20. The van der Waals surface area contributed by atoms with E-state index < -0.39 is 0 Å². The summed E-state index contributed by atoms with van der Waals surface area (Å²) in [5.74, 6) is 0.867. The first-order chi connectivity index (χ1) is 9.97. The van der Waals surface area contributed by atoms with Crippen molar-refractivity contribution in [2.45, 2.75) is 19.4 Å². The average molecular weight is 287 g/mol. The summed E-state index contributed by atoms with van der Waals surface area (Å²) in [6.45, 7) is 2.04. The number of hydrogen-bond acceptors (Lipinski definition) is 4. The van der Waals surface area contributed by atoms with Gasteiger partial charge in [-0.3, -0.25) is 4.79 Å². The molecule has 1 aromatic heterocycles. The van der Waals surface area contributed by atoms with Gasteiger partial charge in [-0.05, 0) is 37.3 Å². The number of nitrogens with two attached hydrogens (primary N) is 1. The van der Waals surface area contributed by atoms with Crippen LogP contribution in [0.4, 0.5) is 11.4 Å². The lowest BCUT2D eigenvalue weighted by molar-refractivity contribution is 0.0827. The molecule has 0 aliphatic carbocycles. The number of hydrogen-bond donors (Lipinski definition) is 2. The summed E-state index contributed by atoms with van der Waals surface area (Å²) in [7, 11) is 3.46. The molecule has 5 heteroatoms. The van der Waals surface area contributed by atoms with Crippen molar-refractivity contribution in [3.05, 3.63) is 47.9 Å². The number of nitrogens with one attached hydrogen (secondary N) is 1. The van der Waals surface area contributed by atoms with E-state index >= 15 is 0 Å². The van der Waals surface area contributed by atoms with Crippen molar-refractivity contribution in [2.75, 3.05) is 25.1 Å². The zero-order chi connectivity index (χ0) is 15.4. The highest BCUT2D eigenvalue weighted by Crippen LogP contribution is 2.22. The number of furan rings is 1. The molecule has 0 fully saturated rings. The summed E-state index contributed by atoms with van der Waals surface area (Å²) < 4.78 is 5.33. The van der Waals surface area contributed by atoms with Gasteiger partial charge < -0.3 is 20.4 Å². The minimum Gasteiger partial charge on any atom is -0.469 e. The van der Waals surface area contributed by atoms with Gasteiger partial charge in [-0.1, -0.05) is 0 Å². The second-order valence-corrected chi connectivity index (χ2v) is 5.33. The van der Waals surface area contributed by atoms with Gasteiger partial charge in [-0.2, -0.15) is 0 Å². The second-order valence-electron chi connectivity index (χ2n) is 5.33. The molecular weight excluding hydrogens is 266 g/mol. The highest BCUT2D eigenvalue weighted by atomic mass is 16.3. The highest BCUT2D eigenvalue weighted by Gasteiger charge is 2.12. The van der Waals surface area contributed by atoms with Crippen LogP contribution in [0.3, 0.4) is 0 Å². The maximum atomic E-state index is 12.0. The van der Waals surface area contributed by atoms with Gasteiger partial charge in [0.15, 0.2) is 0 Å². The molecule has 21 heavy (non-hydrogen) atoms. The maximum absolute atomic E-state index is 12.0. The fourth-order valence-electron chi connectivity index (χ4n) is 2.12. The molecule has 0 saturated heterocycles. The Bertz CT molecular complexity index is 606. The number of nitrogens with zero attached hydrogens (tertiary/aromatic N) is 1. The zero-order valence-electron chi connectivity index (χ0n) is 12.6. The Kier molecular flexibility index (Phi) is 4.52.